The number of carbonyl (C=O) groups excluding carboxylic acids is 1. The van der Waals surface area contributed by atoms with Crippen LogP contribution in [0.2, 0.25) is 5.02 Å². The number of nitrogens with one attached hydrogen (secondary N) is 2. The molecule has 2 aromatic carbocycles. The largest absolute Gasteiger partial charge is 0.493 e. The quantitative estimate of drug-likeness (QED) is 0.645. The molecule has 1 amide bonds. The van der Waals surface area contributed by atoms with Gasteiger partial charge in [0, 0.05) is 22.0 Å². The van der Waals surface area contributed by atoms with Crippen LogP contribution in [0.25, 0.3) is 0 Å². The molecule has 154 valence electrons. The summed E-state index contributed by atoms with van der Waals surface area (Å²) in [7, 11) is 3.11. The van der Waals surface area contributed by atoms with Gasteiger partial charge in [0.2, 0.25) is 5.95 Å². The first-order valence-corrected chi connectivity index (χ1v) is 9.44. The van der Waals surface area contributed by atoms with Crippen LogP contribution in [0.15, 0.2) is 53.7 Å². The number of allylic oxidation sites excluding steroid dienone is 1. The van der Waals surface area contributed by atoms with Gasteiger partial charge in [-0.05, 0) is 47.7 Å². The number of benzene rings is 2. The molecule has 0 aliphatic carbocycles. The van der Waals surface area contributed by atoms with Crippen LogP contribution in [-0.2, 0) is 4.79 Å². The predicted octanol–water partition coefficient (Wildman–Crippen LogP) is 3.27. The average Bonchev–Trinajstić information content (AvgIpc) is 3.21. The van der Waals surface area contributed by atoms with Crippen LogP contribution in [0.5, 0.6) is 11.5 Å². The highest BCUT2D eigenvalue weighted by Crippen LogP contribution is 2.42. The van der Waals surface area contributed by atoms with E-state index in [-0.39, 0.29) is 5.91 Å². The minimum absolute atomic E-state index is 0.307. The van der Waals surface area contributed by atoms with Crippen LogP contribution < -0.4 is 20.1 Å². The fraction of sp³-hybridized carbons (Fsp3) is 0.200. The van der Waals surface area contributed by atoms with Crippen molar-refractivity contribution in [1.29, 1.82) is 0 Å². The number of hydrogen-bond acceptors (Lipinski definition) is 7. The van der Waals surface area contributed by atoms with E-state index in [1.165, 1.54) is 0 Å². The molecule has 10 heteroatoms. The molecule has 2 N–H and O–H groups in total. The Morgan fingerprint density at radius 3 is 2.63 bits per heavy atom. The molecule has 2 heterocycles. The SMILES string of the molecule is COc1cccc(C2C(C(=O)Nc3ccc(Cl)cc3)=C(C)Nc3nnnn32)c1OC. The lowest BCUT2D eigenvalue weighted by Crippen LogP contribution is -2.31. The second-order valence-electron chi connectivity index (χ2n) is 6.56. The molecule has 1 aliphatic rings. The van der Waals surface area contributed by atoms with E-state index in [1.54, 1.807) is 56.2 Å². The van der Waals surface area contributed by atoms with E-state index in [0.29, 0.717) is 45.0 Å². The molecule has 0 bridgehead atoms. The summed E-state index contributed by atoms with van der Waals surface area (Å²) in [6.45, 7) is 1.80. The van der Waals surface area contributed by atoms with Gasteiger partial charge in [0.1, 0.15) is 6.04 Å². The summed E-state index contributed by atoms with van der Waals surface area (Å²) in [4.78, 5) is 13.3. The van der Waals surface area contributed by atoms with Crippen LogP contribution in [0.3, 0.4) is 0 Å². The van der Waals surface area contributed by atoms with Crippen molar-refractivity contribution in [2.45, 2.75) is 13.0 Å². The third-order valence-corrected chi connectivity index (χ3v) is 5.04. The maximum absolute atomic E-state index is 13.3. The molecule has 0 spiro atoms. The molecule has 0 fully saturated rings. The van der Waals surface area contributed by atoms with Gasteiger partial charge in [-0.25, -0.2) is 0 Å². The maximum Gasteiger partial charge on any atom is 0.255 e. The minimum atomic E-state index is -0.631. The molecule has 30 heavy (non-hydrogen) atoms. The highest BCUT2D eigenvalue weighted by atomic mass is 35.5. The molecular formula is C20H19ClN6O3. The van der Waals surface area contributed by atoms with Gasteiger partial charge in [-0.2, -0.15) is 4.68 Å². The van der Waals surface area contributed by atoms with Crippen molar-refractivity contribution in [3.05, 3.63) is 64.3 Å². The van der Waals surface area contributed by atoms with E-state index in [1.807, 2.05) is 12.1 Å². The Balaban J connectivity index is 1.82. The third kappa shape index (κ3) is 3.43. The Kier molecular flexibility index (Phi) is 5.28. The molecule has 0 saturated carbocycles. The number of nitrogens with zero attached hydrogens (tertiary/aromatic N) is 4. The Bertz CT molecular complexity index is 1130. The third-order valence-electron chi connectivity index (χ3n) is 4.79. The maximum atomic E-state index is 13.3. The molecule has 1 aromatic heterocycles. The molecule has 1 aliphatic heterocycles. The summed E-state index contributed by atoms with van der Waals surface area (Å²) in [6.07, 6.45) is 0. The Labute approximate surface area is 177 Å². The molecule has 4 rings (SSSR count). The van der Waals surface area contributed by atoms with Gasteiger partial charge in [-0.15, -0.1) is 0 Å². The van der Waals surface area contributed by atoms with Crippen molar-refractivity contribution in [2.75, 3.05) is 24.9 Å². The number of hydrogen-bond donors (Lipinski definition) is 2. The van der Waals surface area contributed by atoms with Crippen molar-refractivity contribution in [1.82, 2.24) is 20.2 Å². The highest BCUT2D eigenvalue weighted by molar-refractivity contribution is 6.30. The van der Waals surface area contributed by atoms with Crippen molar-refractivity contribution >= 4 is 29.1 Å². The van der Waals surface area contributed by atoms with E-state index in [9.17, 15) is 4.79 Å². The average molecular weight is 427 g/mol. The first-order valence-electron chi connectivity index (χ1n) is 9.07. The van der Waals surface area contributed by atoms with Crippen molar-refractivity contribution in [3.63, 3.8) is 0 Å². The van der Waals surface area contributed by atoms with Gasteiger partial charge >= 0.3 is 0 Å². The first-order chi connectivity index (χ1) is 14.5. The molecule has 3 aromatic rings. The van der Waals surface area contributed by atoms with Gasteiger partial charge in [0.05, 0.1) is 19.8 Å². The monoisotopic (exact) mass is 426 g/mol. The summed E-state index contributed by atoms with van der Waals surface area (Å²) >= 11 is 5.95. The molecule has 0 saturated heterocycles. The number of methoxy groups -OCH3 is 2. The summed E-state index contributed by atoms with van der Waals surface area (Å²) < 4.78 is 12.6. The smallest absolute Gasteiger partial charge is 0.255 e. The topological polar surface area (TPSA) is 103 Å². The van der Waals surface area contributed by atoms with E-state index < -0.39 is 6.04 Å². The van der Waals surface area contributed by atoms with E-state index in [4.69, 9.17) is 21.1 Å². The van der Waals surface area contributed by atoms with E-state index >= 15 is 0 Å². The second-order valence-corrected chi connectivity index (χ2v) is 6.99. The highest BCUT2D eigenvalue weighted by Gasteiger charge is 2.36. The van der Waals surface area contributed by atoms with Crippen LogP contribution >= 0.6 is 11.6 Å². The number of fused-ring (bicyclic) bond motifs is 1. The number of aromatic nitrogens is 4. The van der Waals surface area contributed by atoms with Crippen LogP contribution in [0.1, 0.15) is 18.5 Å². The van der Waals surface area contributed by atoms with Gasteiger partial charge in [-0.1, -0.05) is 28.8 Å². The van der Waals surface area contributed by atoms with Crippen molar-refractivity contribution < 1.29 is 14.3 Å². The number of amides is 1. The normalized spacial score (nSPS) is 15.3. The number of tetrazole rings is 1. The molecule has 0 radical (unpaired) electrons. The van der Waals surface area contributed by atoms with Gasteiger partial charge in [0.15, 0.2) is 11.5 Å². The molecular weight excluding hydrogens is 408 g/mol. The fourth-order valence-corrected chi connectivity index (χ4v) is 3.58. The number of para-hydroxylation sites is 1. The number of halogens is 1. The van der Waals surface area contributed by atoms with Crippen molar-refractivity contribution in [2.24, 2.45) is 0 Å². The zero-order valence-corrected chi connectivity index (χ0v) is 17.3. The number of carbonyl (C=O) groups is 1. The molecule has 1 atom stereocenters. The van der Waals surface area contributed by atoms with Crippen LogP contribution in [0, 0.1) is 0 Å². The second kappa shape index (κ2) is 8.03. The lowest BCUT2D eigenvalue weighted by molar-refractivity contribution is -0.113. The zero-order chi connectivity index (χ0) is 21.3. The number of rotatable bonds is 5. The van der Waals surface area contributed by atoms with E-state index in [2.05, 4.69) is 26.2 Å². The summed E-state index contributed by atoms with van der Waals surface area (Å²) in [5.74, 6) is 1.15. The molecule has 9 nitrogen and oxygen atoms in total. The standard InChI is InChI=1S/C20H19ClN6O3/c1-11-16(19(28)23-13-9-7-12(21)8-10-13)17(27-20(22-11)24-25-26-27)14-5-4-6-15(29-2)18(14)30-3/h4-10,17H,1-3H3,(H,23,28)(H,22,24,26). The summed E-state index contributed by atoms with van der Waals surface area (Å²) in [6, 6.07) is 11.7. The van der Waals surface area contributed by atoms with Crippen molar-refractivity contribution in [3.8, 4) is 11.5 Å². The Morgan fingerprint density at radius 1 is 1.17 bits per heavy atom. The predicted molar refractivity (Wildman–Crippen MR) is 112 cm³/mol. The van der Waals surface area contributed by atoms with Gasteiger partial charge in [0.25, 0.3) is 5.91 Å². The number of ether oxygens (including phenoxy) is 2. The first kappa shape index (κ1) is 19.7. The minimum Gasteiger partial charge on any atom is -0.493 e. The summed E-state index contributed by atoms with van der Waals surface area (Å²) in [5.41, 5.74) is 2.37. The zero-order valence-electron chi connectivity index (χ0n) is 16.5. The molecule has 1 unspecified atom stereocenters. The fourth-order valence-electron chi connectivity index (χ4n) is 3.45. The van der Waals surface area contributed by atoms with Gasteiger partial charge in [-0.3, -0.25) is 4.79 Å². The van der Waals surface area contributed by atoms with Crippen LogP contribution in [0.4, 0.5) is 11.6 Å². The van der Waals surface area contributed by atoms with Gasteiger partial charge < -0.3 is 20.1 Å². The lowest BCUT2D eigenvalue weighted by Gasteiger charge is -2.29. The van der Waals surface area contributed by atoms with Crippen LogP contribution in [-0.4, -0.2) is 40.3 Å². The number of anilines is 2. The lowest BCUT2D eigenvalue weighted by atomic mass is 9.94. The Morgan fingerprint density at radius 2 is 1.93 bits per heavy atom. The Hall–Kier alpha value is -3.59. The van der Waals surface area contributed by atoms with E-state index in [0.717, 1.165) is 0 Å². The summed E-state index contributed by atoms with van der Waals surface area (Å²) in [5, 5.41) is 18.4.